The number of likely N-dealkylation sites (N-methyl/N-ethyl adjacent to an activating group) is 1. The van der Waals surface area contributed by atoms with Gasteiger partial charge in [-0.05, 0) is 32.9 Å². The van der Waals surface area contributed by atoms with Gasteiger partial charge in [0.2, 0.25) is 5.91 Å². The Hall–Kier alpha value is -0.830. The summed E-state index contributed by atoms with van der Waals surface area (Å²) >= 11 is 0. The minimum absolute atomic E-state index is 0.269. The lowest BCUT2D eigenvalue weighted by Gasteiger charge is -2.20. The molecule has 1 fully saturated rings. The van der Waals surface area contributed by atoms with Crippen molar-refractivity contribution >= 4 is 5.91 Å². The molecule has 0 atom stereocenters. The molecule has 1 amide bonds. The van der Waals surface area contributed by atoms with Crippen LogP contribution < -0.4 is 5.73 Å². The van der Waals surface area contributed by atoms with Gasteiger partial charge in [0.05, 0.1) is 0 Å². The van der Waals surface area contributed by atoms with Crippen LogP contribution in [0.15, 0.2) is 11.6 Å². The van der Waals surface area contributed by atoms with Crippen LogP contribution in [0.1, 0.15) is 32.1 Å². The maximum atomic E-state index is 11.2. The zero-order valence-electron chi connectivity index (χ0n) is 9.83. The summed E-state index contributed by atoms with van der Waals surface area (Å²) < 4.78 is 0. The van der Waals surface area contributed by atoms with E-state index in [1.54, 1.807) is 0 Å². The van der Waals surface area contributed by atoms with Gasteiger partial charge in [0, 0.05) is 12.1 Å². The molecule has 0 saturated heterocycles. The van der Waals surface area contributed by atoms with E-state index in [0.717, 1.165) is 5.57 Å². The van der Waals surface area contributed by atoms with Gasteiger partial charge in [-0.3, -0.25) is 4.79 Å². The number of amides is 1. The first-order valence-corrected chi connectivity index (χ1v) is 5.75. The number of primary amides is 1. The molecule has 0 spiro atoms. The predicted molar refractivity (Wildman–Crippen MR) is 62.4 cm³/mol. The molecule has 0 heterocycles. The van der Waals surface area contributed by atoms with Crippen molar-refractivity contribution in [3.8, 4) is 0 Å². The quantitative estimate of drug-likeness (QED) is 0.715. The first-order chi connectivity index (χ1) is 7.09. The van der Waals surface area contributed by atoms with Crippen LogP contribution in [0.25, 0.3) is 0 Å². The van der Waals surface area contributed by atoms with Gasteiger partial charge in [0.1, 0.15) is 0 Å². The lowest BCUT2D eigenvalue weighted by Crippen LogP contribution is -2.25. The summed E-state index contributed by atoms with van der Waals surface area (Å²) in [5.41, 5.74) is 6.14. The number of carbonyl (C=O) groups is 1. The van der Waals surface area contributed by atoms with Crippen LogP contribution in [0.5, 0.6) is 0 Å². The minimum Gasteiger partial charge on any atom is -0.366 e. The highest BCUT2D eigenvalue weighted by Gasteiger charge is 2.14. The van der Waals surface area contributed by atoms with E-state index >= 15 is 0 Å². The topological polar surface area (TPSA) is 46.3 Å². The molecule has 1 aliphatic carbocycles. The Morgan fingerprint density at radius 2 is 1.93 bits per heavy atom. The third-order valence-corrected chi connectivity index (χ3v) is 2.89. The summed E-state index contributed by atoms with van der Waals surface area (Å²) in [6.07, 6.45) is 8.43. The van der Waals surface area contributed by atoms with Crippen LogP contribution in [0.4, 0.5) is 0 Å². The van der Waals surface area contributed by atoms with E-state index < -0.39 is 0 Å². The smallest absolute Gasteiger partial charge is 0.245 e. The van der Waals surface area contributed by atoms with Crippen LogP contribution in [-0.4, -0.2) is 31.4 Å². The van der Waals surface area contributed by atoms with Gasteiger partial charge in [0.15, 0.2) is 0 Å². The van der Waals surface area contributed by atoms with Gasteiger partial charge in [-0.15, -0.1) is 0 Å². The fraction of sp³-hybridized carbons (Fsp3) is 0.750. The van der Waals surface area contributed by atoms with Gasteiger partial charge >= 0.3 is 0 Å². The number of hydrogen-bond donors (Lipinski definition) is 1. The molecule has 0 aromatic rings. The van der Waals surface area contributed by atoms with E-state index in [9.17, 15) is 4.79 Å². The zero-order valence-corrected chi connectivity index (χ0v) is 9.83. The second kappa shape index (κ2) is 5.91. The fourth-order valence-electron chi connectivity index (χ4n) is 2.14. The molecule has 86 valence electrons. The van der Waals surface area contributed by atoms with Gasteiger partial charge in [-0.2, -0.15) is 0 Å². The fourth-order valence-corrected chi connectivity index (χ4v) is 2.14. The molecule has 3 heteroatoms. The molecule has 15 heavy (non-hydrogen) atoms. The van der Waals surface area contributed by atoms with Gasteiger partial charge in [-0.25, -0.2) is 0 Å². The van der Waals surface area contributed by atoms with Crippen molar-refractivity contribution in [3.63, 3.8) is 0 Å². The van der Waals surface area contributed by atoms with Crippen molar-refractivity contribution in [3.05, 3.63) is 11.6 Å². The number of hydrogen-bond acceptors (Lipinski definition) is 2. The summed E-state index contributed by atoms with van der Waals surface area (Å²) in [5.74, 6) is 0.301. The average molecular weight is 210 g/mol. The molecular weight excluding hydrogens is 188 g/mol. The number of rotatable bonds is 4. The van der Waals surface area contributed by atoms with E-state index in [1.807, 2.05) is 19.0 Å². The number of allylic oxidation sites excluding steroid dienone is 1. The molecule has 0 aromatic heterocycles. The van der Waals surface area contributed by atoms with Crippen LogP contribution >= 0.6 is 0 Å². The first kappa shape index (κ1) is 12.2. The average Bonchev–Trinajstić information content (AvgIpc) is 2.17. The molecule has 0 aliphatic heterocycles. The zero-order chi connectivity index (χ0) is 11.3. The highest BCUT2D eigenvalue weighted by atomic mass is 16.1. The van der Waals surface area contributed by atoms with Gasteiger partial charge < -0.3 is 10.6 Å². The third-order valence-electron chi connectivity index (χ3n) is 2.89. The summed E-state index contributed by atoms with van der Waals surface area (Å²) in [4.78, 5) is 13.2. The van der Waals surface area contributed by atoms with Crippen LogP contribution in [0, 0.1) is 5.92 Å². The monoisotopic (exact) mass is 210 g/mol. The Morgan fingerprint density at radius 3 is 2.40 bits per heavy atom. The molecule has 0 aromatic carbocycles. The Balaban J connectivity index is 2.60. The van der Waals surface area contributed by atoms with Gasteiger partial charge in [0.25, 0.3) is 0 Å². The van der Waals surface area contributed by atoms with Gasteiger partial charge in [-0.1, -0.05) is 25.3 Å². The molecule has 3 nitrogen and oxygen atoms in total. The number of nitrogens with zero attached hydrogens (tertiary/aromatic N) is 1. The normalized spacial score (nSPS) is 19.5. The van der Waals surface area contributed by atoms with Crippen LogP contribution in [0.2, 0.25) is 0 Å². The number of nitrogens with two attached hydrogens (primary N) is 1. The predicted octanol–water partition coefficient (Wildman–Crippen LogP) is 1.54. The standard InChI is InChI=1S/C12H22N2O/c1-14(2)9-11(12(13)15)8-10-6-4-3-5-7-10/h8,10H,3-7,9H2,1-2H3,(H2,13,15). The summed E-state index contributed by atoms with van der Waals surface area (Å²) in [5, 5.41) is 0. The molecular formula is C12H22N2O. The summed E-state index contributed by atoms with van der Waals surface area (Å²) in [6, 6.07) is 0. The van der Waals surface area contributed by atoms with E-state index in [1.165, 1.54) is 32.1 Å². The first-order valence-electron chi connectivity index (χ1n) is 5.75. The number of carbonyl (C=O) groups excluding carboxylic acids is 1. The molecule has 0 radical (unpaired) electrons. The molecule has 0 bridgehead atoms. The largest absolute Gasteiger partial charge is 0.366 e. The Bertz CT molecular complexity index is 240. The van der Waals surface area contributed by atoms with Crippen LogP contribution in [0.3, 0.4) is 0 Å². The molecule has 1 rings (SSSR count). The minimum atomic E-state index is -0.269. The molecule has 1 saturated carbocycles. The lowest BCUT2D eigenvalue weighted by molar-refractivity contribution is -0.114. The highest BCUT2D eigenvalue weighted by molar-refractivity contribution is 5.92. The Morgan fingerprint density at radius 1 is 1.33 bits per heavy atom. The third kappa shape index (κ3) is 4.47. The summed E-state index contributed by atoms with van der Waals surface area (Å²) in [7, 11) is 3.91. The Kier molecular flexibility index (Phi) is 4.82. The molecule has 2 N–H and O–H groups in total. The SMILES string of the molecule is CN(C)CC(=CC1CCCCC1)C(N)=O. The van der Waals surface area contributed by atoms with Crippen LogP contribution in [-0.2, 0) is 4.79 Å². The summed E-state index contributed by atoms with van der Waals surface area (Å²) in [6.45, 7) is 0.659. The highest BCUT2D eigenvalue weighted by Crippen LogP contribution is 2.25. The maximum absolute atomic E-state index is 11.2. The van der Waals surface area contributed by atoms with E-state index in [2.05, 4.69) is 6.08 Å². The second-order valence-electron chi connectivity index (χ2n) is 4.69. The van der Waals surface area contributed by atoms with Crippen molar-refractivity contribution in [2.75, 3.05) is 20.6 Å². The molecule has 0 unspecified atom stereocenters. The maximum Gasteiger partial charge on any atom is 0.245 e. The van der Waals surface area contributed by atoms with Crippen molar-refractivity contribution in [1.29, 1.82) is 0 Å². The van der Waals surface area contributed by atoms with E-state index in [-0.39, 0.29) is 5.91 Å². The van der Waals surface area contributed by atoms with Crippen molar-refractivity contribution < 1.29 is 4.79 Å². The second-order valence-corrected chi connectivity index (χ2v) is 4.69. The van der Waals surface area contributed by atoms with Crippen molar-refractivity contribution in [2.24, 2.45) is 11.7 Å². The van der Waals surface area contributed by atoms with E-state index in [4.69, 9.17) is 5.73 Å². The van der Waals surface area contributed by atoms with Crippen molar-refractivity contribution in [1.82, 2.24) is 4.90 Å². The van der Waals surface area contributed by atoms with E-state index in [0.29, 0.717) is 12.5 Å². The lowest BCUT2D eigenvalue weighted by atomic mass is 9.88. The van der Waals surface area contributed by atoms with Crippen molar-refractivity contribution in [2.45, 2.75) is 32.1 Å². The Labute approximate surface area is 92.3 Å². The molecule has 1 aliphatic rings.